The van der Waals surface area contributed by atoms with Gasteiger partial charge in [0.25, 0.3) is 10.0 Å². The van der Waals surface area contributed by atoms with Crippen LogP contribution in [0, 0.1) is 6.92 Å². The number of sulfonamides is 1. The van der Waals surface area contributed by atoms with Crippen molar-refractivity contribution in [1.29, 1.82) is 0 Å². The summed E-state index contributed by atoms with van der Waals surface area (Å²) in [6, 6.07) is 12.7. The highest BCUT2D eigenvalue weighted by molar-refractivity contribution is 7.93. The lowest BCUT2D eigenvalue weighted by molar-refractivity contribution is 0.344. The van der Waals surface area contributed by atoms with Crippen LogP contribution in [0.3, 0.4) is 0 Å². The van der Waals surface area contributed by atoms with Gasteiger partial charge in [-0.25, -0.2) is 8.42 Å². The molecule has 3 rings (SSSR count). The van der Waals surface area contributed by atoms with Crippen LogP contribution in [0.25, 0.3) is 0 Å². The van der Waals surface area contributed by atoms with Crippen LogP contribution in [-0.2, 0) is 16.6 Å². The van der Waals surface area contributed by atoms with Crippen molar-refractivity contribution < 1.29 is 8.42 Å². The Bertz CT molecular complexity index is 836. The number of likely N-dealkylation sites (N-methyl/N-ethyl adjacent to an activating group) is 1. The maximum atomic E-state index is 13.2. The molecular weight excluding hydrogens is 332 g/mol. The molecule has 0 unspecified atom stereocenters. The normalized spacial score (nSPS) is 16.0. The third-order valence-electron chi connectivity index (χ3n) is 4.04. The summed E-state index contributed by atoms with van der Waals surface area (Å²) >= 11 is 6.21. The lowest BCUT2D eigenvalue weighted by Crippen LogP contribution is -2.35. The van der Waals surface area contributed by atoms with Crippen molar-refractivity contribution in [1.82, 2.24) is 4.90 Å². The molecule has 2 aromatic carbocycles. The molecule has 1 heterocycles. The molecule has 0 radical (unpaired) electrons. The Kier molecular flexibility index (Phi) is 4.36. The van der Waals surface area contributed by atoms with Gasteiger partial charge < -0.3 is 4.90 Å². The second-order valence-corrected chi connectivity index (χ2v) is 8.12. The summed E-state index contributed by atoms with van der Waals surface area (Å²) in [7, 11) is -1.70. The monoisotopic (exact) mass is 350 g/mol. The molecule has 1 aliphatic rings. The lowest BCUT2D eigenvalue weighted by Gasteiger charge is -2.25. The molecule has 0 amide bonds. The van der Waals surface area contributed by atoms with Gasteiger partial charge in [-0.1, -0.05) is 35.9 Å². The second kappa shape index (κ2) is 6.15. The van der Waals surface area contributed by atoms with Gasteiger partial charge in [0.2, 0.25) is 0 Å². The second-order valence-electron chi connectivity index (χ2n) is 5.88. The van der Waals surface area contributed by atoms with Crippen molar-refractivity contribution in [2.45, 2.75) is 18.4 Å². The maximum Gasteiger partial charge on any atom is 0.265 e. The van der Waals surface area contributed by atoms with Crippen LogP contribution in [0.1, 0.15) is 11.1 Å². The summed E-state index contributed by atoms with van der Waals surface area (Å²) in [5.74, 6) is 0. The van der Waals surface area contributed by atoms with Gasteiger partial charge in [-0.15, -0.1) is 0 Å². The summed E-state index contributed by atoms with van der Waals surface area (Å²) in [5, 5.41) is 0.264. The molecule has 122 valence electrons. The molecule has 0 spiro atoms. The van der Waals surface area contributed by atoms with E-state index in [1.54, 1.807) is 18.2 Å². The summed E-state index contributed by atoms with van der Waals surface area (Å²) < 4.78 is 27.8. The number of para-hydroxylation sites is 1. The molecule has 1 aliphatic heterocycles. The van der Waals surface area contributed by atoms with Crippen molar-refractivity contribution in [3.8, 4) is 0 Å². The zero-order valence-corrected chi connectivity index (χ0v) is 14.7. The van der Waals surface area contributed by atoms with Crippen LogP contribution in [0.4, 0.5) is 5.69 Å². The van der Waals surface area contributed by atoms with Crippen molar-refractivity contribution in [2.75, 3.05) is 24.4 Å². The standard InChI is InChI=1S/C17H19ClN2O2S/c1-13-7-8-17(15(18)11-13)23(21,22)20-10-9-19(2)12-14-5-3-4-6-16(14)20/h3-8,11H,9-10,12H2,1-2H3. The SMILES string of the molecule is Cc1ccc(S(=O)(=O)N2CCN(C)Cc3ccccc32)c(Cl)c1. The molecular formula is C17H19ClN2O2S. The molecule has 0 atom stereocenters. The first-order valence-electron chi connectivity index (χ1n) is 7.45. The van der Waals surface area contributed by atoms with E-state index in [-0.39, 0.29) is 9.92 Å². The van der Waals surface area contributed by atoms with Gasteiger partial charge in [0.1, 0.15) is 4.90 Å². The fraction of sp³-hybridized carbons (Fsp3) is 0.294. The van der Waals surface area contributed by atoms with E-state index in [1.807, 2.05) is 38.2 Å². The first-order valence-corrected chi connectivity index (χ1v) is 9.27. The Morgan fingerprint density at radius 2 is 1.83 bits per heavy atom. The van der Waals surface area contributed by atoms with Crippen molar-refractivity contribution >= 4 is 27.3 Å². The zero-order chi connectivity index (χ0) is 16.6. The number of hydrogen-bond donors (Lipinski definition) is 0. The fourth-order valence-corrected chi connectivity index (χ4v) is 4.89. The van der Waals surface area contributed by atoms with Crippen LogP contribution >= 0.6 is 11.6 Å². The molecule has 0 saturated carbocycles. The largest absolute Gasteiger partial charge is 0.300 e. The van der Waals surface area contributed by atoms with Crippen LogP contribution < -0.4 is 4.31 Å². The number of hydrogen-bond acceptors (Lipinski definition) is 3. The first kappa shape index (κ1) is 16.3. The number of halogens is 1. The Morgan fingerprint density at radius 3 is 2.57 bits per heavy atom. The molecule has 0 N–H and O–H groups in total. The van der Waals surface area contributed by atoms with E-state index >= 15 is 0 Å². The number of aryl methyl sites for hydroxylation is 1. The maximum absolute atomic E-state index is 13.2. The van der Waals surface area contributed by atoms with E-state index in [9.17, 15) is 8.42 Å². The van der Waals surface area contributed by atoms with Crippen LogP contribution in [0.15, 0.2) is 47.4 Å². The highest BCUT2D eigenvalue weighted by Crippen LogP contribution is 2.32. The van der Waals surface area contributed by atoms with Crippen LogP contribution in [0.5, 0.6) is 0 Å². The Labute approximate surface area is 142 Å². The van der Waals surface area contributed by atoms with Crippen LogP contribution in [-0.4, -0.2) is 33.5 Å². The van der Waals surface area contributed by atoms with Gasteiger partial charge in [-0.3, -0.25) is 4.31 Å². The molecule has 0 bridgehead atoms. The molecule has 6 heteroatoms. The highest BCUT2D eigenvalue weighted by Gasteiger charge is 2.30. The minimum absolute atomic E-state index is 0.157. The molecule has 2 aromatic rings. The summed E-state index contributed by atoms with van der Waals surface area (Å²) in [4.78, 5) is 2.27. The lowest BCUT2D eigenvalue weighted by atomic mass is 10.2. The Hall–Kier alpha value is -1.56. The minimum atomic E-state index is -3.69. The van der Waals surface area contributed by atoms with E-state index in [1.165, 1.54) is 4.31 Å². The van der Waals surface area contributed by atoms with Gasteiger partial charge in [0, 0.05) is 19.6 Å². The Balaban J connectivity index is 2.13. The Morgan fingerprint density at radius 1 is 1.09 bits per heavy atom. The van der Waals surface area contributed by atoms with Gasteiger partial charge in [-0.05, 0) is 43.3 Å². The third kappa shape index (κ3) is 3.09. The molecule has 0 fully saturated rings. The molecule has 0 aliphatic carbocycles. The van der Waals surface area contributed by atoms with E-state index in [4.69, 9.17) is 11.6 Å². The van der Waals surface area contributed by atoms with E-state index in [2.05, 4.69) is 4.90 Å². The topological polar surface area (TPSA) is 40.6 Å². The van der Waals surface area contributed by atoms with Crippen molar-refractivity contribution in [3.63, 3.8) is 0 Å². The highest BCUT2D eigenvalue weighted by atomic mass is 35.5. The van der Waals surface area contributed by atoms with E-state index in [0.29, 0.717) is 13.1 Å². The van der Waals surface area contributed by atoms with Gasteiger partial charge in [0.05, 0.1) is 10.7 Å². The number of anilines is 1. The van der Waals surface area contributed by atoms with Gasteiger partial charge in [-0.2, -0.15) is 0 Å². The van der Waals surface area contributed by atoms with E-state index < -0.39 is 10.0 Å². The fourth-order valence-electron chi connectivity index (χ4n) is 2.82. The molecule has 0 saturated heterocycles. The number of fused-ring (bicyclic) bond motifs is 1. The van der Waals surface area contributed by atoms with Gasteiger partial charge >= 0.3 is 0 Å². The predicted octanol–water partition coefficient (Wildman–Crippen LogP) is 3.29. The van der Waals surface area contributed by atoms with E-state index in [0.717, 1.165) is 23.4 Å². The number of rotatable bonds is 2. The average molecular weight is 351 g/mol. The summed E-state index contributed by atoms with van der Waals surface area (Å²) in [6.07, 6.45) is 0. The van der Waals surface area contributed by atoms with Crippen molar-refractivity contribution in [2.24, 2.45) is 0 Å². The minimum Gasteiger partial charge on any atom is -0.300 e. The number of benzene rings is 2. The average Bonchev–Trinajstić information content (AvgIpc) is 2.65. The van der Waals surface area contributed by atoms with Crippen molar-refractivity contribution in [3.05, 3.63) is 58.6 Å². The third-order valence-corrected chi connectivity index (χ3v) is 6.34. The zero-order valence-electron chi connectivity index (χ0n) is 13.2. The molecule has 23 heavy (non-hydrogen) atoms. The smallest absolute Gasteiger partial charge is 0.265 e. The van der Waals surface area contributed by atoms with Gasteiger partial charge in [0.15, 0.2) is 0 Å². The summed E-state index contributed by atoms with van der Waals surface area (Å²) in [6.45, 7) is 3.68. The molecule has 0 aromatic heterocycles. The predicted molar refractivity (Wildman–Crippen MR) is 93.5 cm³/mol. The number of nitrogens with zero attached hydrogens (tertiary/aromatic N) is 2. The quantitative estimate of drug-likeness (QED) is 0.834. The summed E-state index contributed by atoms with van der Waals surface area (Å²) in [5.41, 5.74) is 2.66. The molecule has 4 nitrogen and oxygen atoms in total. The first-order chi connectivity index (χ1) is 10.9. The van der Waals surface area contributed by atoms with Crippen LogP contribution in [0.2, 0.25) is 5.02 Å².